The average molecular weight is 320 g/mol. The maximum absolute atomic E-state index is 4.46. The molecule has 0 radical (unpaired) electrons. The molecular formula is C18H20N6. The van der Waals surface area contributed by atoms with Gasteiger partial charge in [-0.3, -0.25) is 0 Å². The van der Waals surface area contributed by atoms with Gasteiger partial charge in [0.05, 0.1) is 6.20 Å². The molecule has 122 valence electrons. The SMILES string of the molecule is Cc1ccccc1Nc1cnnc(Nc2ccc(N(C)C)cc2)n1. The van der Waals surface area contributed by atoms with Crippen LogP contribution in [0.1, 0.15) is 5.56 Å². The summed E-state index contributed by atoms with van der Waals surface area (Å²) in [7, 11) is 4.02. The number of aryl methyl sites for hydroxylation is 1. The summed E-state index contributed by atoms with van der Waals surface area (Å²) >= 11 is 0. The summed E-state index contributed by atoms with van der Waals surface area (Å²) in [5, 5.41) is 14.5. The zero-order valence-corrected chi connectivity index (χ0v) is 14.0. The molecule has 0 amide bonds. The van der Waals surface area contributed by atoms with E-state index in [0.717, 1.165) is 22.6 Å². The quantitative estimate of drug-likeness (QED) is 0.746. The van der Waals surface area contributed by atoms with E-state index in [1.54, 1.807) is 6.20 Å². The minimum atomic E-state index is 0.450. The topological polar surface area (TPSA) is 66.0 Å². The van der Waals surface area contributed by atoms with Crippen LogP contribution in [0.3, 0.4) is 0 Å². The smallest absolute Gasteiger partial charge is 0.249 e. The standard InChI is InChI=1S/C18H20N6/c1-13-6-4-5-7-16(13)21-17-12-19-23-18(22-17)20-14-8-10-15(11-9-14)24(2)3/h4-12H,1-3H3,(H2,20,21,22,23). The van der Waals surface area contributed by atoms with Gasteiger partial charge < -0.3 is 15.5 Å². The van der Waals surface area contributed by atoms with Crippen LogP contribution in [0.15, 0.2) is 54.7 Å². The van der Waals surface area contributed by atoms with Gasteiger partial charge in [-0.25, -0.2) is 0 Å². The van der Waals surface area contributed by atoms with Crippen LogP contribution in [0.25, 0.3) is 0 Å². The van der Waals surface area contributed by atoms with Gasteiger partial charge in [-0.15, -0.1) is 5.10 Å². The van der Waals surface area contributed by atoms with Crippen molar-refractivity contribution in [2.24, 2.45) is 0 Å². The number of nitrogens with zero attached hydrogens (tertiary/aromatic N) is 4. The van der Waals surface area contributed by atoms with Gasteiger partial charge in [0.1, 0.15) is 0 Å². The second-order valence-corrected chi connectivity index (χ2v) is 5.67. The predicted octanol–water partition coefficient (Wildman–Crippen LogP) is 3.73. The van der Waals surface area contributed by atoms with E-state index in [1.165, 1.54) is 0 Å². The van der Waals surface area contributed by atoms with Gasteiger partial charge in [-0.1, -0.05) is 18.2 Å². The Morgan fingerprint density at radius 3 is 2.38 bits per heavy atom. The van der Waals surface area contributed by atoms with Crippen molar-refractivity contribution in [1.82, 2.24) is 15.2 Å². The number of benzene rings is 2. The molecule has 6 nitrogen and oxygen atoms in total. The van der Waals surface area contributed by atoms with Crippen molar-refractivity contribution in [3.05, 3.63) is 60.3 Å². The summed E-state index contributed by atoms with van der Waals surface area (Å²) in [6, 6.07) is 16.1. The second kappa shape index (κ2) is 6.95. The minimum Gasteiger partial charge on any atom is -0.378 e. The van der Waals surface area contributed by atoms with Crippen molar-refractivity contribution in [3.63, 3.8) is 0 Å². The summed E-state index contributed by atoms with van der Waals surface area (Å²) in [4.78, 5) is 6.51. The Morgan fingerprint density at radius 1 is 0.917 bits per heavy atom. The molecule has 0 saturated carbocycles. The number of rotatable bonds is 5. The van der Waals surface area contributed by atoms with E-state index in [9.17, 15) is 0 Å². The highest BCUT2D eigenvalue weighted by Gasteiger charge is 2.04. The first-order valence-electron chi connectivity index (χ1n) is 7.68. The Labute approximate surface area is 141 Å². The Bertz CT molecular complexity index is 814. The third-order valence-electron chi connectivity index (χ3n) is 3.61. The number of para-hydroxylation sites is 1. The summed E-state index contributed by atoms with van der Waals surface area (Å²) in [5.74, 6) is 1.10. The van der Waals surface area contributed by atoms with Gasteiger partial charge in [0.15, 0.2) is 5.82 Å². The van der Waals surface area contributed by atoms with E-state index in [-0.39, 0.29) is 0 Å². The molecular weight excluding hydrogens is 300 g/mol. The maximum Gasteiger partial charge on any atom is 0.249 e. The van der Waals surface area contributed by atoms with Crippen LogP contribution in [0.2, 0.25) is 0 Å². The van der Waals surface area contributed by atoms with E-state index in [4.69, 9.17) is 0 Å². The fourth-order valence-corrected chi connectivity index (χ4v) is 2.24. The third kappa shape index (κ3) is 3.78. The van der Waals surface area contributed by atoms with Crippen LogP contribution in [0.5, 0.6) is 0 Å². The predicted molar refractivity (Wildman–Crippen MR) is 98.3 cm³/mol. The molecule has 2 aromatic carbocycles. The van der Waals surface area contributed by atoms with Crippen LogP contribution >= 0.6 is 0 Å². The molecule has 1 aromatic heterocycles. The van der Waals surface area contributed by atoms with E-state index in [2.05, 4.69) is 30.7 Å². The molecule has 0 saturated heterocycles. The summed E-state index contributed by atoms with van der Waals surface area (Å²) in [6.45, 7) is 2.04. The van der Waals surface area contributed by atoms with Crippen LogP contribution in [-0.2, 0) is 0 Å². The van der Waals surface area contributed by atoms with Crippen LogP contribution < -0.4 is 15.5 Å². The highest BCUT2D eigenvalue weighted by atomic mass is 15.3. The lowest BCUT2D eigenvalue weighted by molar-refractivity contribution is 0.982. The van der Waals surface area contributed by atoms with E-state index < -0.39 is 0 Å². The van der Waals surface area contributed by atoms with E-state index in [0.29, 0.717) is 11.8 Å². The number of hydrogen-bond donors (Lipinski definition) is 2. The molecule has 3 rings (SSSR count). The zero-order chi connectivity index (χ0) is 16.9. The number of anilines is 5. The Balaban J connectivity index is 1.74. The minimum absolute atomic E-state index is 0.450. The molecule has 24 heavy (non-hydrogen) atoms. The van der Waals surface area contributed by atoms with Crippen molar-refractivity contribution in [2.45, 2.75) is 6.92 Å². The van der Waals surface area contributed by atoms with Crippen molar-refractivity contribution in [2.75, 3.05) is 29.6 Å². The number of nitrogens with one attached hydrogen (secondary N) is 2. The second-order valence-electron chi connectivity index (χ2n) is 5.67. The maximum atomic E-state index is 4.46. The van der Waals surface area contributed by atoms with Gasteiger partial charge in [-0.2, -0.15) is 10.1 Å². The van der Waals surface area contributed by atoms with Crippen molar-refractivity contribution in [3.8, 4) is 0 Å². The van der Waals surface area contributed by atoms with Gasteiger partial charge >= 0.3 is 0 Å². The molecule has 0 atom stereocenters. The van der Waals surface area contributed by atoms with E-state index in [1.807, 2.05) is 69.6 Å². The third-order valence-corrected chi connectivity index (χ3v) is 3.61. The van der Waals surface area contributed by atoms with Crippen LogP contribution in [0.4, 0.5) is 28.8 Å². The fraction of sp³-hybridized carbons (Fsp3) is 0.167. The van der Waals surface area contributed by atoms with E-state index >= 15 is 0 Å². The molecule has 2 N–H and O–H groups in total. The molecule has 0 aliphatic rings. The lowest BCUT2D eigenvalue weighted by Crippen LogP contribution is -2.08. The molecule has 0 fully saturated rings. The average Bonchev–Trinajstić information content (AvgIpc) is 2.58. The highest BCUT2D eigenvalue weighted by molar-refractivity contribution is 5.62. The summed E-state index contributed by atoms with van der Waals surface area (Å²) in [5.41, 5.74) is 4.19. The lowest BCUT2D eigenvalue weighted by atomic mass is 10.2. The molecule has 6 heteroatoms. The first-order chi connectivity index (χ1) is 11.6. The van der Waals surface area contributed by atoms with Crippen molar-refractivity contribution < 1.29 is 0 Å². The van der Waals surface area contributed by atoms with Crippen molar-refractivity contribution >= 4 is 28.8 Å². The zero-order valence-electron chi connectivity index (χ0n) is 14.0. The Kier molecular flexibility index (Phi) is 4.56. The Hall–Kier alpha value is -3.15. The molecule has 1 heterocycles. The summed E-state index contributed by atoms with van der Waals surface area (Å²) < 4.78 is 0. The highest BCUT2D eigenvalue weighted by Crippen LogP contribution is 2.20. The van der Waals surface area contributed by atoms with Crippen LogP contribution in [0, 0.1) is 6.92 Å². The normalized spacial score (nSPS) is 10.3. The molecule has 0 aliphatic carbocycles. The first-order valence-corrected chi connectivity index (χ1v) is 7.68. The molecule has 0 spiro atoms. The van der Waals surface area contributed by atoms with Gasteiger partial charge in [0.25, 0.3) is 0 Å². The van der Waals surface area contributed by atoms with Gasteiger partial charge in [0, 0.05) is 31.2 Å². The molecule has 0 aliphatic heterocycles. The number of aromatic nitrogens is 3. The fourth-order valence-electron chi connectivity index (χ4n) is 2.24. The monoisotopic (exact) mass is 320 g/mol. The summed E-state index contributed by atoms with van der Waals surface area (Å²) in [6.07, 6.45) is 1.60. The largest absolute Gasteiger partial charge is 0.378 e. The lowest BCUT2D eigenvalue weighted by Gasteiger charge is -2.13. The van der Waals surface area contributed by atoms with Crippen LogP contribution in [-0.4, -0.2) is 29.3 Å². The molecule has 0 bridgehead atoms. The first kappa shape index (κ1) is 15.7. The Morgan fingerprint density at radius 2 is 1.67 bits per heavy atom. The van der Waals surface area contributed by atoms with Gasteiger partial charge in [0.2, 0.25) is 5.95 Å². The molecule has 0 unspecified atom stereocenters. The van der Waals surface area contributed by atoms with Gasteiger partial charge in [-0.05, 0) is 42.8 Å². The molecule has 3 aromatic rings. The van der Waals surface area contributed by atoms with Crippen molar-refractivity contribution in [1.29, 1.82) is 0 Å². The number of hydrogen-bond acceptors (Lipinski definition) is 6.